The highest BCUT2D eigenvalue weighted by molar-refractivity contribution is 5.91. The van der Waals surface area contributed by atoms with Gasteiger partial charge in [-0.15, -0.1) is 0 Å². The molecule has 0 spiro atoms. The maximum Gasteiger partial charge on any atom is 0.336 e. The van der Waals surface area contributed by atoms with E-state index < -0.39 is 5.97 Å². The van der Waals surface area contributed by atoms with Gasteiger partial charge in [0.25, 0.3) is 0 Å². The number of carboxylic acids is 1. The Morgan fingerprint density at radius 3 is 2.75 bits per heavy atom. The Bertz CT molecular complexity index is 632. The molecule has 0 saturated carbocycles. The first kappa shape index (κ1) is 14.1. The quantitative estimate of drug-likeness (QED) is 0.879. The molecule has 2 N–H and O–H groups in total. The minimum Gasteiger partial charge on any atom is -0.478 e. The second-order valence-electron chi connectivity index (χ2n) is 4.71. The summed E-state index contributed by atoms with van der Waals surface area (Å²) in [4.78, 5) is 11.1. The first-order chi connectivity index (χ1) is 9.54. The van der Waals surface area contributed by atoms with Gasteiger partial charge in [0, 0.05) is 30.0 Å². The van der Waals surface area contributed by atoms with Crippen LogP contribution in [0, 0.1) is 13.8 Å². The summed E-state index contributed by atoms with van der Waals surface area (Å²) < 4.78 is 1.94. The lowest BCUT2D eigenvalue weighted by Gasteiger charge is -2.11. The maximum atomic E-state index is 11.1. The van der Waals surface area contributed by atoms with Crippen LogP contribution in [0.4, 0.5) is 5.69 Å². The normalized spacial score (nSPS) is 10.6. The Morgan fingerprint density at radius 2 is 2.15 bits per heavy atom. The van der Waals surface area contributed by atoms with E-state index in [1.54, 1.807) is 12.1 Å². The predicted octanol–water partition coefficient (Wildman–Crippen LogP) is 2.83. The summed E-state index contributed by atoms with van der Waals surface area (Å²) in [6.07, 6.45) is 1.85. The smallest absolute Gasteiger partial charge is 0.336 e. The number of anilines is 1. The summed E-state index contributed by atoms with van der Waals surface area (Å²) in [6, 6.07) is 5.26. The first-order valence-corrected chi connectivity index (χ1v) is 6.62. The zero-order chi connectivity index (χ0) is 14.7. The molecule has 0 bridgehead atoms. The average Bonchev–Trinajstić information content (AvgIpc) is 2.78. The van der Waals surface area contributed by atoms with Crippen molar-refractivity contribution < 1.29 is 9.90 Å². The van der Waals surface area contributed by atoms with E-state index in [9.17, 15) is 4.79 Å². The molecule has 0 aliphatic rings. The first-order valence-electron chi connectivity index (χ1n) is 6.62. The Morgan fingerprint density at radius 1 is 1.40 bits per heavy atom. The van der Waals surface area contributed by atoms with Crippen LogP contribution in [0.3, 0.4) is 0 Å². The molecule has 5 nitrogen and oxygen atoms in total. The van der Waals surface area contributed by atoms with Crippen LogP contribution in [0.2, 0.25) is 0 Å². The minimum absolute atomic E-state index is 0.330. The summed E-state index contributed by atoms with van der Waals surface area (Å²) >= 11 is 0. The molecular weight excluding hydrogens is 254 g/mol. The molecule has 106 valence electrons. The van der Waals surface area contributed by atoms with Gasteiger partial charge in [0.2, 0.25) is 0 Å². The van der Waals surface area contributed by atoms with Crippen molar-refractivity contribution in [3.8, 4) is 0 Å². The summed E-state index contributed by atoms with van der Waals surface area (Å²) in [7, 11) is 0. The SMILES string of the molecule is CCn1ncc(CNc2cccc(C(=O)O)c2C)c1C. The zero-order valence-electron chi connectivity index (χ0n) is 12.0. The lowest BCUT2D eigenvalue weighted by molar-refractivity contribution is 0.0696. The van der Waals surface area contributed by atoms with Gasteiger partial charge in [-0.3, -0.25) is 4.68 Å². The number of benzene rings is 1. The third-order valence-electron chi connectivity index (χ3n) is 3.54. The average molecular weight is 273 g/mol. The highest BCUT2D eigenvalue weighted by Crippen LogP contribution is 2.20. The van der Waals surface area contributed by atoms with E-state index in [4.69, 9.17) is 5.11 Å². The predicted molar refractivity (Wildman–Crippen MR) is 78.1 cm³/mol. The number of aromatic carboxylic acids is 1. The fraction of sp³-hybridized carbons (Fsp3) is 0.333. The molecule has 0 aliphatic carbocycles. The van der Waals surface area contributed by atoms with Gasteiger partial charge in [-0.05, 0) is 38.5 Å². The number of carboxylic acid groups (broad SMARTS) is 1. The molecule has 0 atom stereocenters. The van der Waals surface area contributed by atoms with Crippen LogP contribution < -0.4 is 5.32 Å². The van der Waals surface area contributed by atoms with Crippen molar-refractivity contribution in [2.45, 2.75) is 33.9 Å². The molecule has 2 rings (SSSR count). The van der Waals surface area contributed by atoms with Crippen molar-refractivity contribution in [2.75, 3.05) is 5.32 Å². The molecule has 0 amide bonds. The van der Waals surface area contributed by atoms with E-state index in [2.05, 4.69) is 17.3 Å². The zero-order valence-corrected chi connectivity index (χ0v) is 12.0. The van der Waals surface area contributed by atoms with Gasteiger partial charge >= 0.3 is 5.97 Å². The van der Waals surface area contributed by atoms with Crippen LogP contribution in [0.1, 0.15) is 34.1 Å². The van der Waals surface area contributed by atoms with Crippen molar-refractivity contribution in [2.24, 2.45) is 0 Å². The van der Waals surface area contributed by atoms with E-state index in [0.717, 1.165) is 29.1 Å². The van der Waals surface area contributed by atoms with Crippen molar-refractivity contribution in [1.29, 1.82) is 0 Å². The third-order valence-corrected chi connectivity index (χ3v) is 3.54. The molecule has 1 heterocycles. The summed E-state index contributed by atoms with van der Waals surface area (Å²) in [5, 5.41) is 16.7. The molecule has 0 aliphatic heterocycles. The minimum atomic E-state index is -0.902. The molecule has 2 aromatic rings. The van der Waals surface area contributed by atoms with Gasteiger partial charge in [0.15, 0.2) is 0 Å². The summed E-state index contributed by atoms with van der Waals surface area (Å²) in [5.41, 5.74) is 4.17. The van der Waals surface area contributed by atoms with E-state index in [1.165, 1.54) is 0 Å². The highest BCUT2D eigenvalue weighted by Gasteiger charge is 2.10. The van der Waals surface area contributed by atoms with Gasteiger partial charge in [-0.25, -0.2) is 4.79 Å². The van der Waals surface area contributed by atoms with Gasteiger partial charge in [-0.1, -0.05) is 6.07 Å². The van der Waals surface area contributed by atoms with E-state index in [0.29, 0.717) is 12.1 Å². The maximum absolute atomic E-state index is 11.1. The van der Waals surface area contributed by atoms with Crippen molar-refractivity contribution in [3.63, 3.8) is 0 Å². The van der Waals surface area contributed by atoms with Crippen LogP contribution in [0.25, 0.3) is 0 Å². The monoisotopic (exact) mass is 273 g/mol. The lowest BCUT2D eigenvalue weighted by atomic mass is 10.1. The fourth-order valence-electron chi connectivity index (χ4n) is 2.23. The number of hydrogen-bond acceptors (Lipinski definition) is 3. The Balaban J connectivity index is 2.17. The highest BCUT2D eigenvalue weighted by atomic mass is 16.4. The van der Waals surface area contributed by atoms with Crippen molar-refractivity contribution >= 4 is 11.7 Å². The number of carbonyl (C=O) groups is 1. The summed E-state index contributed by atoms with van der Waals surface area (Å²) in [5.74, 6) is -0.902. The Hall–Kier alpha value is -2.30. The van der Waals surface area contributed by atoms with Crippen molar-refractivity contribution in [3.05, 3.63) is 46.8 Å². The molecule has 20 heavy (non-hydrogen) atoms. The van der Waals surface area contributed by atoms with Gasteiger partial charge < -0.3 is 10.4 Å². The Labute approximate surface area is 118 Å². The number of aryl methyl sites for hydroxylation is 1. The van der Waals surface area contributed by atoms with E-state index in [1.807, 2.05) is 30.8 Å². The lowest BCUT2D eigenvalue weighted by Crippen LogP contribution is -2.06. The van der Waals surface area contributed by atoms with E-state index >= 15 is 0 Å². The molecule has 0 fully saturated rings. The van der Waals surface area contributed by atoms with Gasteiger partial charge in [0.1, 0.15) is 0 Å². The number of aromatic nitrogens is 2. The fourth-order valence-corrected chi connectivity index (χ4v) is 2.23. The number of nitrogens with zero attached hydrogens (tertiary/aromatic N) is 2. The molecular formula is C15H19N3O2. The standard InChI is InChI=1S/C15H19N3O2/c1-4-18-11(3)12(9-17-18)8-16-14-7-5-6-13(10(14)2)15(19)20/h5-7,9,16H,4,8H2,1-3H3,(H,19,20). The van der Waals surface area contributed by atoms with Crippen LogP contribution in [0.15, 0.2) is 24.4 Å². The second-order valence-corrected chi connectivity index (χ2v) is 4.71. The molecule has 0 radical (unpaired) electrons. The largest absolute Gasteiger partial charge is 0.478 e. The summed E-state index contributed by atoms with van der Waals surface area (Å²) in [6.45, 7) is 7.38. The molecule has 5 heteroatoms. The number of nitrogens with one attached hydrogen (secondary N) is 1. The third kappa shape index (κ3) is 2.66. The van der Waals surface area contributed by atoms with Crippen LogP contribution in [-0.4, -0.2) is 20.9 Å². The molecule has 0 unspecified atom stereocenters. The van der Waals surface area contributed by atoms with Crippen LogP contribution >= 0.6 is 0 Å². The van der Waals surface area contributed by atoms with Crippen molar-refractivity contribution in [1.82, 2.24) is 9.78 Å². The van der Waals surface area contributed by atoms with E-state index in [-0.39, 0.29) is 0 Å². The molecule has 0 saturated heterocycles. The van der Waals surface area contributed by atoms with Crippen LogP contribution in [0.5, 0.6) is 0 Å². The van der Waals surface area contributed by atoms with Gasteiger partial charge in [0.05, 0.1) is 11.8 Å². The topological polar surface area (TPSA) is 67.2 Å². The molecule has 1 aromatic carbocycles. The number of rotatable bonds is 5. The molecule has 1 aromatic heterocycles. The van der Waals surface area contributed by atoms with Gasteiger partial charge in [-0.2, -0.15) is 5.10 Å². The Kier molecular flexibility index (Phi) is 4.08. The van der Waals surface area contributed by atoms with Crippen LogP contribution in [-0.2, 0) is 13.1 Å². The number of hydrogen-bond donors (Lipinski definition) is 2. The second kappa shape index (κ2) is 5.77.